The Morgan fingerprint density at radius 3 is 2.45 bits per heavy atom. The highest BCUT2D eigenvalue weighted by Gasteiger charge is 2.56. The van der Waals surface area contributed by atoms with E-state index in [1.807, 2.05) is 17.4 Å². The second kappa shape index (κ2) is 11.1. The molecular formula is C29H34F3N5O5. The quantitative estimate of drug-likeness (QED) is 0.479. The van der Waals surface area contributed by atoms with E-state index in [1.165, 1.54) is 11.9 Å². The SMILES string of the molecule is C[C@@H]1NC(=O)[C@]2(C[C@@H](C#N)N(C(=O)[C@H](CC3CC3)N(C)C(=O)[C@H](CC3CC3)NC(=O)C(F)(F)F)C2)Oc2ccccc21. The van der Waals surface area contributed by atoms with Crippen LogP contribution >= 0.6 is 0 Å². The number of amides is 4. The van der Waals surface area contributed by atoms with Gasteiger partial charge in [-0.1, -0.05) is 43.9 Å². The standard InChI is InChI=1S/C29H34F3N5O5/c1-16-20-5-3-4-6-23(20)42-28(26(40)34-16)13-19(14-33)37(15-28)25(39)22(12-18-9-10-18)36(2)24(38)21(11-17-7-8-17)35-27(41)29(30,31)32/h3-6,16-19,21-22H,7-13,15H2,1-2H3,(H,34,40)(H,35,41)/t16-,19-,21-,22-,28+/m0/s1. The third kappa shape index (κ3) is 6.03. The van der Waals surface area contributed by atoms with Gasteiger partial charge in [0.2, 0.25) is 17.4 Å². The molecule has 1 aromatic carbocycles. The maximum atomic E-state index is 14.1. The average Bonchev–Trinajstić information content (AvgIpc) is 3.88. The molecule has 13 heteroatoms. The fourth-order valence-corrected chi connectivity index (χ4v) is 5.88. The van der Waals surface area contributed by atoms with Crippen molar-refractivity contribution >= 4 is 23.6 Å². The molecule has 2 saturated carbocycles. The maximum Gasteiger partial charge on any atom is 0.471 e. The first-order valence-corrected chi connectivity index (χ1v) is 14.3. The summed E-state index contributed by atoms with van der Waals surface area (Å²) in [6.07, 6.45) is -1.84. The van der Waals surface area contributed by atoms with E-state index in [4.69, 9.17) is 4.74 Å². The number of hydrogen-bond donors (Lipinski definition) is 2. The number of carbonyl (C=O) groups is 4. The summed E-state index contributed by atoms with van der Waals surface area (Å²) in [5, 5.41) is 14.8. The molecule has 0 unspecified atom stereocenters. The first-order chi connectivity index (χ1) is 19.8. The van der Waals surface area contributed by atoms with Crippen LogP contribution in [0.15, 0.2) is 24.3 Å². The van der Waals surface area contributed by atoms with Gasteiger partial charge in [-0.2, -0.15) is 18.4 Å². The maximum absolute atomic E-state index is 14.1. The summed E-state index contributed by atoms with van der Waals surface area (Å²) in [5.74, 6) is -3.47. The Labute approximate surface area is 241 Å². The summed E-state index contributed by atoms with van der Waals surface area (Å²) < 4.78 is 45.4. The summed E-state index contributed by atoms with van der Waals surface area (Å²) in [4.78, 5) is 55.2. The molecule has 226 valence electrons. The first kappa shape index (κ1) is 29.7. The van der Waals surface area contributed by atoms with Crippen molar-refractivity contribution in [3.05, 3.63) is 29.8 Å². The summed E-state index contributed by atoms with van der Waals surface area (Å²) in [7, 11) is 1.34. The number of nitrogens with one attached hydrogen (secondary N) is 2. The Hall–Kier alpha value is -3.82. The van der Waals surface area contributed by atoms with E-state index in [0.29, 0.717) is 5.75 Å². The van der Waals surface area contributed by atoms with Crippen LogP contribution in [0.4, 0.5) is 13.2 Å². The molecule has 2 aliphatic carbocycles. The van der Waals surface area contributed by atoms with E-state index in [9.17, 15) is 37.6 Å². The Kier molecular flexibility index (Phi) is 7.85. The summed E-state index contributed by atoms with van der Waals surface area (Å²) >= 11 is 0. The Morgan fingerprint density at radius 1 is 1.19 bits per heavy atom. The molecule has 42 heavy (non-hydrogen) atoms. The van der Waals surface area contributed by atoms with Gasteiger partial charge >= 0.3 is 12.1 Å². The van der Waals surface area contributed by atoms with Gasteiger partial charge in [0, 0.05) is 19.0 Å². The van der Waals surface area contributed by atoms with Gasteiger partial charge in [0.25, 0.3) is 5.91 Å². The van der Waals surface area contributed by atoms with Crippen LogP contribution in [-0.4, -0.2) is 76.9 Å². The second-order valence-electron chi connectivity index (χ2n) is 12.0. The van der Waals surface area contributed by atoms with Gasteiger partial charge in [0.05, 0.1) is 18.7 Å². The summed E-state index contributed by atoms with van der Waals surface area (Å²) in [5.41, 5.74) is -0.792. The van der Waals surface area contributed by atoms with Crippen LogP contribution in [0, 0.1) is 23.2 Å². The molecular weight excluding hydrogens is 555 g/mol. The van der Waals surface area contributed by atoms with Crippen LogP contribution in [-0.2, 0) is 19.2 Å². The molecule has 2 heterocycles. The molecule has 10 nitrogen and oxygen atoms in total. The monoisotopic (exact) mass is 589 g/mol. The zero-order valence-electron chi connectivity index (χ0n) is 23.4. The number of benzene rings is 1. The lowest BCUT2D eigenvalue weighted by atomic mass is 9.99. The van der Waals surface area contributed by atoms with Crippen molar-refractivity contribution in [2.45, 2.75) is 87.8 Å². The minimum atomic E-state index is -5.16. The molecule has 0 aromatic heterocycles. The Morgan fingerprint density at radius 2 is 1.83 bits per heavy atom. The molecule has 0 bridgehead atoms. The minimum Gasteiger partial charge on any atom is -0.475 e. The van der Waals surface area contributed by atoms with Gasteiger partial charge in [-0.05, 0) is 37.7 Å². The van der Waals surface area contributed by atoms with Gasteiger partial charge in [0.15, 0.2) is 0 Å². The number of rotatable bonds is 8. The van der Waals surface area contributed by atoms with Gasteiger partial charge in [-0.15, -0.1) is 0 Å². The normalized spacial score (nSPS) is 26.7. The minimum absolute atomic E-state index is 0.0102. The number of likely N-dealkylation sites (N-methyl/N-ethyl adjacent to an activating group) is 1. The molecule has 1 spiro atoms. The number of para-hydroxylation sites is 1. The second-order valence-corrected chi connectivity index (χ2v) is 12.0. The third-order valence-electron chi connectivity index (χ3n) is 8.69. The molecule has 2 aliphatic heterocycles. The highest BCUT2D eigenvalue weighted by Crippen LogP contribution is 2.41. The average molecular weight is 590 g/mol. The van der Waals surface area contributed by atoms with Crippen molar-refractivity contribution in [1.82, 2.24) is 20.4 Å². The van der Waals surface area contributed by atoms with E-state index < -0.39 is 53.5 Å². The number of fused-ring (bicyclic) bond motifs is 1. The molecule has 4 aliphatic rings. The summed E-state index contributed by atoms with van der Waals surface area (Å²) in [6.45, 7) is 1.57. The van der Waals surface area contributed by atoms with Crippen LogP contribution in [0.3, 0.4) is 0 Å². The number of halogens is 3. The zero-order chi connectivity index (χ0) is 30.4. The molecule has 0 radical (unpaired) electrons. The topological polar surface area (TPSA) is 132 Å². The Bertz CT molecular complexity index is 1310. The summed E-state index contributed by atoms with van der Waals surface area (Å²) in [6, 6.07) is 5.25. The fourth-order valence-electron chi connectivity index (χ4n) is 5.88. The fraction of sp³-hybridized carbons (Fsp3) is 0.621. The van der Waals surface area contributed by atoms with Crippen LogP contribution in [0.25, 0.3) is 0 Å². The largest absolute Gasteiger partial charge is 0.475 e. The Balaban J connectivity index is 1.40. The van der Waals surface area contributed by atoms with Crippen LogP contribution in [0.2, 0.25) is 0 Å². The van der Waals surface area contributed by atoms with Crippen molar-refractivity contribution in [2.24, 2.45) is 11.8 Å². The number of nitriles is 1. The van der Waals surface area contributed by atoms with Crippen molar-refractivity contribution < 1.29 is 37.1 Å². The number of hydrogen-bond acceptors (Lipinski definition) is 6. The van der Waals surface area contributed by atoms with Gasteiger partial charge in [0.1, 0.15) is 23.9 Å². The van der Waals surface area contributed by atoms with Gasteiger partial charge in [-0.25, -0.2) is 0 Å². The number of carbonyl (C=O) groups excluding carboxylic acids is 4. The number of ether oxygens (including phenoxy) is 1. The van der Waals surface area contributed by atoms with Gasteiger partial charge < -0.3 is 25.2 Å². The predicted molar refractivity (Wildman–Crippen MR) is 141 cm³/mol. The van der Waals surface area contributed by atoms with Crippen LogP contribution in [0.5, 0.6) is 5.75 Å². The van der Waals surface area contributed by atoms with E-state index in [1.54, 1.807) is 19.1 Å². The molecule has 5 rings (SSSR count). The molecule has 4 amide bonds. The lowest BCUT2D eigenvalue weighted by Crippen LogP contribution is -2.58. The van der Waals surface area contributed by atoms with Crippen molar-refractivity contribution in [1.29, 1.82) is 5.26 Å². The highest BCUT2D eigenvalue weighted by atomic mass is 19.4. The third-order valence-corrected chi connectivity index (χ3v) is 8.69. The highest BCUT2D eigenvalue weighted by molar-refractivity contribution is 5.94. The molecule has 1 aromatic rings. The van der Waals surface area contributed by atoms with E-state index in [0.717, 1.165) is 36.1 Å². The van der Waals surface area contributed by atoms with Crippen LogP contribution in [0.1, 0.15) is 63.5 Å². The number of likely N-dealkylation sites (tertiary alicyclic amines) is 1. The van der Waals surface area contributed by atoms with Gasteiger partial charge in [-0.3, -0.25) is 19.2 Å². The first-order valence-electron chi connectivity index (χ1n) is 14.3. The molecule has 5 atom stereocenters. The van der Waals surface area contributed by atoms with Crippen LogP contribution < -0.4 is 15.4 Å². The lowest BCUT2D eigenvalue weighted by Gasteiger charge is -2.34. The predicted octanol–water partition coefficient (Wildman–Crippen LogP) is 2.59. The van der Waals surface area contributed by atoms with E-state index in [2.05, 4.69) is 11.4 Å². The zero-order valence-corrected chi connectivity index (χ0v) is 23.4. The van der Waals surface area contributed by atoms with E-state index >= 15 is 0 Å². The number of nitrogens with zero attached hydrogens (tertiary/aromatic N) is 3. The lowest BCUT2D eigenvalue weighted by molar-refractivity contribution is -0.175. The van der Waals surface area contributed by atoms with Crippen molar-refractivity contribution in [3.63, 3.8) is 0 Å². The molecule has 3 fully saturated rings. The number of alkyl halides is 3. The molecule has 1 saturated heterocycles. The van der Waals surface area contributed by atoms with Crippen molar-refractivity contribution in [3.8, 4) is 11.8 Å². The molecule has 2 N–H and O–H groups in total. The van der Waals surface area contributed by atoms with Crippen molar-refractivity contribution in [2.75, 3.05) is 13.6 Å². The van der Waals surface area contributed by atoms with E-state index in [-0.39, 0.29) is 43.7 Å². The smallest absolute Gasteiger partial charge is 0.471 e.